The Balaban J connectivity index is 2.51. The summed E-state index contributed by atoms with van der Waals surface area (Å²) >= 11 is 0. The Morgan fingerprint density at radius 3 is 3.00 bits per heavy atom. The van der Waals surface area contributed by atoms with Gasteiger partial charge in [-0.2, -0.15) is 0 Å². The average Bonchev–Trinajstić information content (AvgIpc) is 2.44. The first kappa shape index (κ1) is 8.56. The summed E-state index contributed by atoms with van der Waals surface area (Å²) < 4.78 is 5.13. The molecule has 0 radical (unpaired) electrons. The highest BCUT2D eigenvalue weighted by Gasteiger charge is 2.36. The lowest BCUT2D eigenvalue weighted by Gasteiger charge is -2.07. The van der Waals surface area contributed by atoms with Crippen LogP contribution in [-0.2, 0) is 4.65 Å². The summed E-state index contributed by atoms with van der Waals surface area (Å²) in [6, 6.07) is 5.02. The maximum Gasteiger partial charge on any atom is 0.495 e. The Morgan fingerprint density at radius 1 is 1.54 bits per heavy atom. The molecular weight excluding hydrogens is 169 g/mol. The van der Waals surface area contributed by atoms with Gasteiger partial charge in [0.25, 0.3) is 0 Å². The van der Waals surface area contributed by atoms with Crippen LogP contribution in [0.25, 0.3) is 0 Å². The lowest BCUT2D eigenvalue weighted by atomic mass is 9.78. The topological polar surface area (TPSA) is 75.7 Å². The lowest BCUT2D eigenvalue weighted by molar-refractivity contribution is 0.198. The summed E-state index contributed by atoms with van der Waals surface area (Å²) in [5.74, 6) is 0.0564. The molecule has 1 aliphatic rings. The molecule has 0 bridgehead atoms. The number of hydrogen-bond donors (Lipinski definition) is 3. The van der Waals surface area contributed by atoms with Crippen LogP contribution >= 0.6 is 0 Å². The second-order valence-corrected chi connectivity index (χ2v) is 2.99. The number of fused-ring (bicyclic) bond motifs is 1. The van der Waals surface area contributed by atoms with Crippen molar-refractivity contribution in [1.29, 1.82) is 0 Å². The Morgan fingerprint density at radius 2 is 2.31 bits per heavy atom. The van der Waals surface area contributed by atoms with Gasteiger partial charge in [0.15, 0.2) is 0 Å². The van der Waals surface area contributed by atoms with E-state index in [2.05, 4.69) is 0 Å². The highest BCUT2D eigenvalue weighted by molar-refractivity contribution is 6.62. The molecule has 0 saturated heterocycles. The van der Waals surface area contributed by atoms with E-state index >= 15 is 0 Å². The SMILES string of the molecule is NCC1OB(O)c2c(O)cccc21. The van der Waals surface area contributed by atoms with Crippen LogP contribution in [0.1, 0.15) is 11.7 Å². The molecule has 68 valence electrons. The van der Waals surface area contributed by atoms with Crippen molar-refractivity contribution in [3.8, 4) is 5.75 Å². The van der Waals surface area contributed by atoms with Crippen LogP contribution in [-0.4, -0.2) is 23.8 Å². The summed E-state index contributed by atoms with van der Waals surface area (Å²) in [5, 5.41) is 18.9. The fraction of sp³-hybridized carbons (Fsp3) is 0.250. The third kappa shape index (κ3) is 1.21. The normalized spacial score (nSPS) is 20.5. The van der Waals surface area contributed by atoms with Gasteiger partial charge in [0, 0.05) is 12.0 Å². The predicted octanol–water partition coefficient (Wildman–Crippen LogP) is -0.890. The molecule has 0 aliphatic carbocycles. The minimum absolute atomic E-state index is 0.0564. The zero-order valence-electron chi connectivity index (χ0n) is 6.97. The van der Waals surface area contributed by atoms with Crippen molar-refractivity contribution in [2.24, 2.45) is 5.73 Å². The van der Waals surface area contributed by atoms with E-state index in [9.17, 15) is 10.1 Å². The molecule has 4 nitrogen and oxygen atoms in total. The molecule has 1 heterocycles. The second kappa shape index (κ2) is 3.03. The molecule has 5 heteroatoms. The molecule has 4 N–H and O–H groups in total. The number of nitrogens with two attached hydrogens (primary N) is 1. The lowest BCUT2D eigenvalue weighted by Crippen LogP contribution is -2.28. The first-order valence-corrected chi connectivity index (χ1v) is 4.09. The summed E-state index contributed by atoms with van der Waals surface area (Å²) in [6.07, 6.45) is -0.308. The van der Waals surface area contributed by atoms with Crippen LogP contribution in [0.4, 0.5) is 0 Å². The fourth-order valence-corrected chi connectivity index (χ4v) is 1.60. The van der Waals surface area contributed by atoms with E-state index in [1.807, 2.05) is 0 Å². The Hall–Kier alpha value is -1.04. The van der Waals surface area contributed by atoms with Crippen LogP contribution in [0, 0.1) is 0 Å². The third-order valence-corrected chi connectivity index (χ3v) is 2.22. The molecular formula is C8H10BNO3. The fourth-order valence-electron chi connectivity index (χ4n) is 1.60. The Bertz CT molecular complexity index is 331. The largest absolute Gasteiger partial charge is 0.508 e. The molecule has 1 aromatic carbocycles. The van der Waals surface area contributed by atoms with Gasteiger partial charge in [-0.15, -0.1) is 0 Å². The van der Waals surface area contributed by atoms with Gasteiger partial charge in [0.1, 0.15) is 5.75 Å². The molecule has 1 unspecified atom stereocenters. The van der Waals surface area contributed by atoms with Crippen molar-refractivity contribution in [3.63, 3.8) is 0 Å². The molecule has 13 heavy (non-hydrogen) atoms. The number of phenols is 1. The Kier molecular flexibility index (Phi) is 1.99. The van der Waals surface area contributed by atoms with Gasteiger partial charge in [-0.25, -0.2) is 0 Å². The summed E-state index contributed by atoms with van der Waals surface area (Å²) in [6.45, 7) is 0.299. The van der Waals surface area contributed by atoms with E-state index in [1.54, 1.807) is 12.1 Å². The van der Waals surface area contributed by atoms with Crippen molar-refractivity contribution in [2.45, 2.75) is 6.10 Å². The first-order chi connectivity index (χ1) is 6.24. The number of hydrogen-bond acceptors (Lipinski definition) is 4. The van der Waals surface area contributed by atoms with Crippen LogP contribution in [0.5, 0.6) is 5.75 Å². The van der Waals surface area contributed by atoms with Crippen LogP contribution < -0.4 is 11.2 Å². The average molecular weight is 179 g/mol. The predicted molar refractivity (Wildman–Crippen MR) is 48.6 cm³/mol. The Labute approximate surface area is 76.1 Å². The van der Waals surface area contributed by atoms with Crippen molar-refractivity contribution >= 4 is 12.6 Å². The van der Waals surface area contributed by atoms with Crippen LogP contribution in [0.15, 0.2) is 18.2 Å². The zero-order valence-corrected chi connectivity index (χ0v) is 6.97. The number of phenolic OH excluding ortho intramolecular Hbond substituents is 1. The molecule has 1 aliphatic heterocycles. The maximum absolute atomic E-state index is 9.43. The monoisotopic (exact) mass is 179 g/mol. The molecule has 0 amide bonds. The quantitative estimate of drug-likeness (QED) is 0.488. The highest BCUT2D eigenvalue weighted by Crippen LogP contribution is 2.25. The van der Waals surface area contributed by atoms with Gasteiger partial charge in [-0.05, 0) is 11.6 Å². The standard InChI is InChI=1S/C8H10BNO3/c10-4-7-5-2-1-3-6(11)8(5)9(12)13-7/h1-3,7,11-12H,4,10H2. The molecule has 1 aromatic rings. The highest BCUT2D eigenvalue weighted by atomic mass is 16.5. The van der Waals surface area contributed by atoms with Crippen molar-refractivity contribution in [3.05, 3.63) is 23.8 Å². The molecule has 0 saturated carbocycles. The van der Waals surface area contributed by atoms with E-state index in [0.29, 0.717) is 12.0 Å². The van der Waals surface area contributed by atoms with Crippen LogP contribution in [0.3, 0.4) is 0 Å². The minimum Gasteiger partial charge on any atom is -0.508 e. The van der Waals surface area contributed by atoms with Gasteiger partial charge in [0.2, 0.25) is 0 Å². The van der Waals surface area contributed by atoms with E-state index in [0.717, 1.165) is 5.56 Å². The third-order valence-electron chi connectivity index (χ3n) is 2.22. The first-order valence-electron chi connectivity index (χ1n) is 4.09. The van der Waals surface area contributed by atoms with Gasteiger partial charge in [0.05, 0.1) is 6.10 Å². The van der Waals surface area contributed by atoms with Gasteiger partial charge in [-0.1, -0.05) is 12.1 Å². The second-order valence-electron chi connectivity index (χ2n) is 2.99. The van der Waals surface area contributed by atoms with E-state index in [1.165, 1.54) is 6.07 Å². The number of benzene rings is 1. The van der Waals surface area contributed by atoms with Crippen molar-refractivity contribution in [1.82, 2.24) is 0 Å². The zero-order chi connectivity index (χ0) is 9.42. The summed E-state index contributed by atoms with van der Waals surface area (Å²) in [4.78, 5) is 0. The molecule has 0 aromatic heterocycles. The van der Waals surface area contributed by atoms with Crippen LogP contribution in [0.2, 0.25) is 0 Å². The van der Waals surface area contributed by atoms with Gasteiger partial charge < -0.3 is 20.5 Å². The smallest absolute Gasteiger partial charge is 0.495 e. The van der Waals surface area contributed by atoms with E-state index in [4.69, 9.17) is 10.4 Å². The number of rotatable bonds is 1. The minimum atomic E-state index is -1.05. The van der Waals surface area contributed by atoms with Crippen molar-refractivity contribution in [2.75, 3.05) is 6.54 Å². The maximum atomic E-state index is 9.43. The van der Waals surface area contributed by atoms with Gasteiger partial charge >= 0.3 is 7.12 Å². The number of aromatic hydroxyl groups is 1. The molecule has 0 spiro atoms. The molecule has 0 fully saturated rings. The molecule has 2 rings (SSSR count). The van der Waals surface area contributed by atoms with Gasteiger partial charge in [-0.3, -0.25) is 0 Å². The van der Waals surface area contributed by atoms with E-state index in [-0.39, 0.29) is 11.9 Å². The molecule has 1 atom stereocenters. The van der Waals surface area contributed by atoms with E-state index < -0.39 is 7.12 Å². The van der Waals surface area contributed by atoms with Crippen molar-refractivity contribution < 1.29 is 14.8 Å². The summed E-state index contributed by atoms with van der Waals surface area (Å²) in [7, 11) is -1.05. The summed E-state index contributed by atoms with van der Waals surface area (Å²) in [5.41, 5.74) is 6.66.